The minimum atomic E-state index is -0.670. The Kier molecular flexibility index (Phi) is 4.59. The lowest BCUT2D eigenvalue weighted by Crippen LogP contribution is -2.37. The van der Waals surface area contributed by atoms with Crippen molar-refractivity contribution in [2.24, 2.45) is 0 Å². The van der Waals surface area contributed by atoms with Crippen LogP contribution in [0.25, 0.3) is 0 Å². The van der Waals surface area contributed by atoms with E-state index in [9.17, 15) is 24.2 Å². The van der Waals surface area contributed by atoms with Crippen molar-refractivity contribution >= 4 is 5.91 Å². The van der Waals surface area contributed by atoms with E-state index < -0.39 is 11.7 Å². The number of likely N-dealkylation sites (tertiary alicyclic amines) is 1. The molecule has 1 aromatic carbocycles. The van der Waals surface area contributed by atoms with Crippen molar-refractivity contribution in [1.29, 1.82) is 0 Å². The molecule has 1 aliphatic heterocycles. The van der Waals surface area contributed by atoms with E-state index in [0.29, 0.717) is 12.1 Å². The number of nitrogens with zero attached hydrogens (tertiary/aromatic N) is 2. The summed E-state index contributed by atoms with van der Waals surface area (Å²) in [6, 6.07) is 7.92. The minimum absolute atomic E-state index is 0.146. The fraction of sp³-hybridized carbons (Fsp3) is 0.333. The molecule has 2 heterocycles. The zero-order valence-corrected chi connectivity index (χ0v) is 13.7. The zero-order valence-electron chi connectivity index (χ0n) is 13.7. The first kappa shape index (κ1) is 17.2. The molecule has 2 atom stereocenters. The standard InChI is InChI=1S/C18H19FN2O4/c1-11-6-14(22)8-17(24)20(11)10-18(25)21-9-15(23)7-16(21)12-2-4-13(19)5-3-12/h2-6,8,15-16,22-23H,7,9-10H2,1H3/t15-,16+/m0/s1. The second-order valence-electron chi connectivity index (χ2n) is 6.28. The third kappa shape index (κ3) is 3.56. The van der Waals surface area contributed by atoms with E-state index in [4.69, 9.17) is 0 Å². The molecule has 0 saturated carbocycles. The van der Waals surface area contributed by atoms with Gasteiger partial charge in [-0.1, -0.05) is 12.1 Å². The van der Waals surface area contributed by atoms with Gasteiger partial charge in [-0.05, 0) is 37.1 Å². The third-order valence-electron chi connectivity index (χ3n) is 4.47. The van der Waals surface area contributed by atoms with Crippen LogP contribution in [0.1, 0.15) is 23.7 Å². The number of β-amino-alcohol motifs (C(OH)–C–C–N with tert-alkyl or cyclic N) is 1. The topological polar surface area (TPSA) is 82.8 Å². The maximum Gasteiger partial charge on any atom is 0.254 e. The van der Waals surface area contributed by atoms with Crippen molar-refractivity contribution in [3.63, 3.8) is 0 Å². The van der Waals surface area contributed by atoms with E-state index >= 15 is 0 Å². The van der Waals surface area contributed by atoms with E-state index in [-0.39, 0.29) is 36.6 Å². The SMILES string of the molecule is Cc1cc(O)cc(=O)n1CC(=O)N1C[C@@H](O)C[C@@H]1c1ccc(F)cc1. The van der Waals surface area contributed by atoms with Gasteiger partial charge < -0.3 is 19.7 Å². The van der Waals surface area contributed by atoms with Gasteiger partial charge in [0.25, 0.3) is 5.56 Å². The van der Waals surface area contributed by atoms with Crippen LogP contribution in [0.2, 0.25) is 0 Å². The maximum atomic E-state index is 13.1. The fourth-order valence-corrected chi connectivity index (χ4v) is 3.23. The second kappa shape index (κ2) is 6.68. The summed E-state index contributed by atoms with van der Waals surface area (Å²) in [5.74, 6) is -0.833. The Bertz CT molecular complexity index is 847. The molecule has 3 rings (SSSR count). The van der Waals surface area contributed by atoms with Crippen LogP contribution in [-0.2, 0) is 11.3 Å². The zero-order chi connectivity index (χ0) is 18.1. The van der Waals surface area contributed by atoms with Crippen LogP contribution in [0.15, 0.2) is 41.2 Å². The molecular weight excluding hydrogens is 327 g/mol. The number of carbonyl (C=O) groups excluding carboxylic acids is 1. The highest BCUT2D eigenvalue weighted by molar-refractivity contribution is 5.77. The molecule has 6 nitrogen and oxygen atoms in total. The monoisotopic (exact) mass is 346 g/mol. The van der Waals surface area contributed by atoms with Crippen molar-refractivity contribution in [1.82, 2.24) is 9.47 Å². The first-order valence-electron chi connectivity index (χ1n) is 7.98. The molecule has 1 amide bonds. The van der Waals surface area contributed by atoms with Crippen molar-refractivity contribution < 1.29 is 19.4 Å². The molecule has 1 aliphatic rings. The van der Waals surface area contributed by atoms with Gasteiger partial charge in [-0.25, -0.2) is 4.39 Å². The van der Waals surface area contributed by atoms with Crippen LogP contribution < -0.4 is 5.56 Å². The minimum Gasteiger partial charge on any atom is -0.508 e. The number of hydrogen-bond acceptors (Lipinski definition) is 4. The Morgan fingerprint density at radius 2 is 1.96 bits per heavy atom. The molecule has 2 aromatic rings. The first-order chi connectivity index (χ1) is 11.8. The van der Waals surface area contributed by atoms with Gasteiger partial charge >= 0.3 is 0 Å². The van der Waals surface area contributed by atoms with E-state index in [1.165, 1.54) is 27.7 Å². The highest BCUT2D eigenvalue weighted by Crippen LogP contribution is 2.32. The van der Waals surface area contributed by atoms with Gasteiger partial charge in [-0.3, -0.25) is 9.59 Å². The van der Waals surface area contributed by atoms with Gasteiger partial charge in [0, 0.05) is 18.3 Å². The summed E-state index contributed by atoms with van der Waals surface area (Å²) in [6.07, 6.45) is -0.308. The molecule has 2 N–H and O–H groups in total. The molecule has 0 unspecified atom stereocenters. The number of hydrogen-bond donors (Lipinski definition) is 2. The number of carbonyl (C=O) groups is 1. The lowest BCUT2D eigenvalue weighted by Gasteiger charge is -2.25. The molecule has 132 valence electrons. The highest BCUT2D eigenvalue weighted by Gasteiger charge is 2.35. The van der Waals surface area contributed by atoms with Crippen LogP contribution in [0.5, 0.6) is 5.75 Å². The molecule has 1 saturated heterocycles. The quantitative estimate of drug-likeness (QED) is 0.879. The molecule has 7 heteroatoms. The lowest BCUT2D eigenvalue weighted by molar-refractivity contribution is -0.133. The normalized spacial score (nSPS) is 20.0. The summed E-state index contributed by atoms with van der Waals surface area (Å²) in [4.78, 5) is 26.2. The Morgan fingerprint density at radius 3 is 2.60 bits per heavy atom. The number of aliphatic hydroxyl groups is 1. The van der Waals surface area contributed by atoms with Crippen LogP contribution in [0.3, 0.4) is 0 Å². The number of halogens is 1. The number of aryl methyl sites for hydroxylation is 1. The fourth-order valence-electron chi connectivity index (χ4n) is 3.23. The van der Waals surface area contributed by atoms with Gasteiger partial charge in [0.2, 0.25) is 5.91 Å². The molecule has 1 fully saturated rings. The van der Waals surface area contributed by atoms with Crippen LogP contribution >= 0.6 is 0 Å². The number of pyridine rings is 1. The predicted molar refractivity (Wildman–Crippen MR) is 88.6 cm³/mol. The number of aromatic nitrogens is 1. The van der Waals surface area contributed by atoms with Crippen molar-refractivity contribution in [3.8, 4) is 5.75 Å². The molecule has 25 heavy (non-hydrogen) atoms. The van der Waals surface area contributed by atoms with Gasteiger partial charge in [0.1, 0.15) is 18.1 Å². The molecular formula is C18H19FN2O4. The molecule has 0 aliphatic carbocycles. The molecule has 0 bridgehead atoms. The Labute approximate surface area is 143 Å². The predicted octanol–water partition coefficient (Wildman–Crippen LogP) is 1.34. The lowest BCUT2D eigenvalue weighted by atomic mass is 10.0. The van der Waals surface area contributed by atoms with E-state index in [1.54, 1.807) is 19.1 Å². The smallest absolute Gasteiger partial charge is 0.254 e. The van der Waals surface area contributed by atoms with E-state index in [2.05, 4.69) is 0 Å². The summed E-state index contributed by atoms with van der Waals surface area (Å²) in [5.41, 5.74) is 0.737. The van der Waals surface area contributed by atoms with Gasteiger partial charge in [-0.15, -0.1) is 0 Å². The molecule has 1 aromatic heterocycles. The van der Waals surface area contributed by atoms with Crippen molar-refractivity contribution in [3.05, 3.63) is 63.8 Å². The average molecular weight is 346 g/mol. The first-order valence-corrected chi connectivity index (χ1v) is 7.98. The number of rotatable bonds is 3. The van der Waals surface area contributed by atoms with E-state index in [0.717, 1.165) is 11.6 Å². The van der Waals surface area contributed by atoms with Gasteiger partial charge in [0.15, 0.2) is 0 Å². The summed E-state index contributed by atoms with van der Waals surface area (Å²) >= 11 is 0. The number of benzene rings is 1. The Morgan fingerprint density at radius 1 is 1.28 bits per heavy atom. The van der Waals surface area contributed by atoms with Gasteiger partial charge in [-0.2, -0.15) is 0 Å². The molecule has 0 radical (unpaired) electrons. The maximum absolute atomic E-state index is 13.1. The Hall–Kier alpha value is -2.67. The summed E-state index contributed by atoms with van der Waals surface area (Å²) < 4.78 is 14.4. The Balaban J connectivity index is 1.85. The number of aromatic hydroxyl groups is 1. The van der Waals surface area contributed by atoms with Gasteiger partial charge in [0.05, 0.1) is 12.1 Å². The average Bonchev–Trinajstić information content (AvgIpc) is 2.93. The summed E-state index contributed by atoms with van der Waals surface area (Å²) in [7, 11) is 0. The van der Waals surface area contributed by atoms with Crippen LogP contribution in [0.4, 0.5) is 4.39 Å². The van der Waals surface area contributed by atoms with Crippen molar-refractivity contribution in [2.45, 2.75) is 32.0 Å². The summed E-state index contributed by atoms with van der Waals surface area (Å²) in [5, 5.41) is 19.4. The largest absolute Gasteiger partial charge is 0.508 e. The van der Waals surface area contributed by atoms with Crippen molar-refractivity contribution in [2.75, 3.05) is 6.54 Å². The second-order valence-corrected chi connectivity index (χ2v) is 6.28. The van der Waals surface area contributed by atoms with Crippen LogP contribution in [-0.4, -0.2) is 38.2 Å². The highest BCUT2D eigenvalue weighted by atomic mass is 19.1. The third-order valence-corrected chi connectivity index (χ3v) is 4.47. The number of amides is 1. The summed E-state index contributed by atoms with van der Waals surface area (Å²) in [6.45, 7) is 1.60. The van der Waals surface area contributed by atoms with Crippen LogP contribution in [0, 0.1) is 12.7 Å². The number of aliphatic hydroxyl groups excluding tert-OH is 1. The van der Waals surface area contributed by atoms with E-state index in [1.807, 2.05) is 0 Å². The molecule has 0 spiro atoms.